The largest absolute Gasteiger partial charge is 0.337 e. The van der Waals surface area contributed by atoms with Crippen LogP contribution in [0.5, 0.6) is 0 Å². The van der Waals surface area contributed by atoms with Crippen molar-refractivity contribution < 1.29 is 9.18 Å². The SMILES string of the molecule is CC(C#N)(NC(=O)CSc1ccc(F)cc1)C1CC1. The lowest BCUT2D eigenvalue weighted by Crippen LogP contribution is -2.47. The molecule has 1 N–H and O–H groups in total. The van der Waals surface area contributed by atoms with Crippen LogP contribution in [0.25, 0.3) is 0 Å². The lowest BCUT2D eigenvalue weighted by Gasteiger charge is -2.22. The molecule has 19 heavy (non-hydrogen) atoms. The molecule has 1 aliphatic carbocycles. The average Bonchev–Trinajstić information content (AvgIpc) is 3.22. The topological polar surface area (TPSA) is 52.9 Å². The van der Waals surface area contributed by atoms with E-state index in [4.69, 9.17) is 5.26 Å². The van der Waals surface area contributed by atoms with Gasteiger partial charge in [0.05, 0.1) is 11.8 Å². The van der Waals surface area contributed by atoms with Gasteiger partial charge in [-0.15, -0.1) is 11.8 Å². The maximum Gasteiger partial charge on any atom is 0.231 e. The van der Waals surface area contributed by atoms with Gasteiger partial charge in [0, 0.05) is 4.90 Å². The van der Waals surface area contributed by atoms with Crippen molar-refractivity contribution >= 4 is 17.7 Å². The number of hydrogen-bond acceptors (Lipinski definition) is 3. The van der Waals surface area contributed by atoms with Crippen LogP contribution in [0.1, 0.15) is 19.8 Å². The van der Waals surface area contributed by atoms with Gasteiger partial charge in [0.2, 0.25) is 5.91 Å². The summed E-state index contributed by atoms with van der Waals surface area (Å²) in [5.74, 6) is 0.0532. The summed E-state index contributed by atoms with van der Waals surface area (Å²) in [5, 5.41) is 11.9. The first-order valence-electron chi connectivity index (χ1n) is 6.14. The second-order valence-corrected chi connectivity index (χ2v) is 5.93. The summed E-state index contributed by atoms with van der Waals surface area (Å²) in [6.45, 7) is 1.77. The summed E-state index contributed by atoms with van der Waals surface area (Å²) in [5.41, 5.74) is -0.750. The van der Waals surface area contributed by atoms with Crippen LogP contribution in [0.2, 0.25) is 0 Å². The maximum atomic E-state index is 12.7. The Morgan fingerprint density at radius 3 is 2.68 bits per heavy atom. The molecule has 1 aliphatic rings. The number of thioether (sulfide) groups is 1. The van der Waals surface area contributed by atoms with Crippen molar-refractivity contribution in [3.05, 3.63) is 30.1 Å². The molecule has 1 amide bonds. The minimum absolute atomic E-state index is 0.162. The lowest BCUT2D eigenvalue weighted by atomic mass is 9.98. The van der Waals surface area contributed by atoms with Crippen molar-refractivity contribution in [1.82, 2.24) is 5.32 Å². The fraction of sp³-hybridized carbons (Fsp3) is 0.429. The van der Waals surface area contributed by atoms with Crippen LogP contribution in [0, 0.1) is 23.1 Å². The summed E-state index contributed by atoms with van der Waals surface area (Å²) in [6, 6.07) is 8.19. The second-order valence-electron chi connectivity index (χ2n) is 4.88. The van der Waals surface area contributed by atoms with Gasteiger partial charge in [-0.1, -0.05) is 0 Å². The maximum absolute atomic E-state index is 12.7. The number of nitrogens with one attached hydrogen (secondary N) is 1. The molecule has 1 saturated carbocycles. The summed E-state index contributed by atoms with van der Waals surface area (Å²) in [4.78, 5) is 12.7. The standard InChI is InChI=1S/C14H15FN2OS/c1-14(9-16,10-2-3-10)17-13(18)8-19-12-6-4-11(15)5-7-12/h4-7,10H,2-3,8H2,1H3,(H,17,18). The van der Waals surface area contributed by atoms with Crippen LogP contribution < -0.4 is 5.32 Å². The number of carbonyl (C=O) groups is 1. The molecule has 0 aromatic heterocycles. The highest BCUT2D eigenvalue weighted by molar-refractivity contribution is 8.00. The van der Waals surface area contributed by atoms with Crippen LogP contribution in [0.4, 0.5) is 4.39 Å². The predicted molar refractivity (Wildman–Crippen MR) is 72.0 cm³/mol. The first kappa shape index (κ1) is 13.9. The number of halogens is 1. The smallest absolute Gasteiger partial charge is 0.231 e. The zero-order valence-electron chi connectivity index (χ0n) is 10.6. The Morgan fingerprint density at radius 2 is 2.16 bits per heavy atom. The molecule has 1 unspecified atom stereocenters. The molecule has 0 heterocycles. The number of benzene rings is 1. The molecule has 0 saturated heterocycles. The van der Waals surface area contributed by atoms with E-state index in [1.807, 2.05) is 0 Å². The minimum atomic E-state index is -0.750. The summed E-state index contributed by atoms with van der Waals surface area (Å²) < 4.78 is 12.7. The minimum Gasteiger partial charge on any atom is -0.337 e. The monoisotopic (exact) mass is 278 g/mol. The summed E-state index contributed by atoms with van der Waals surface area (Å²) in [7, 11) is 0. The highest BCUT2D eigenvalue weighted by Gasteiger charge is 2.42. The molecule has 0 radical (unpaired) electrons. The molecule has 0 bridgehead atoms. The third kappa shape index (κ3) is 3.71. The van der Waals surface area contributed by atoms with Crippen LogP contribution in [-0.4, -0.2) is 17.2 Å². The van der Waals surface area contributed by atoms with Gasteiger partial charge >= 0.3 is 0 Å². The number of carbonyl (C=O) groups excluding carboxylic acids is 1. The van der Waals surface area contributed by atoms with Gasteiger partial charge in [0.1, 0.15) is 11.4 Å². The van der Waals surface area contributed by atoms with E-state index in [2.05, 4.69) is 11.4 Å². The van der Waals surface area contributed by atoms with Gasteiger partial charge in [0.15, 0.2) is 0 Å². The van der Waals surface area contributed by atoms with E-state index < -0.39 is 5.54 Å². The van der Waals surface area contributed by atoms with E-state index in [0.717, 1.165) is 17.7 Å². The number of nitrogens with zero attached hydrogens (tertiary/aromatic N) is 1. The van der Waals surface area contributed by atoms with Crippen molar-refractivity contribution in [3.63, 3.8) is 0 Å². The van der Waals surface area contributed by atoms with Gasteiger partial charge in [-0.05, 0) is 49.9 Å². The van der Waals surface area contributed by atoms with Gasteiger partial charge in [-0.2, -0.15) is 5.26 Å². The molecule has 0 spiro atoms. The Labute approximate surface area is 116 Å². The van der Waals surface area contributed by atoms with E-state index in [-0.39, 0.29) is 23.4 Å². The van der Waals surface area contributed by atoms with Crippen molar-refractivity contribution in [1.29, 1.82) is 5.26 Å². The van der Waals surface area contributed by atoms with E-state index in [1.165, 1.54) is 23.9 Å². The second kappa shape index (κ2) is 5.62. The fourth-order valence-corrected chi connectivity index (χ4v) is 2.59. The van der Waals surface area contributed by atoms with Crippen molar-refractivity contribution in [2.45, 2.75) is 30.2 Å². The number of rotatable bonds is 5. The molecule has 2 rings (SSSR count). The van der Waals surface area contributed by atoms with Crippen LogP contribution >= 0.6 is 11.8 Å². The Bertz CT molecular complexity index is 507. The van der Waals surface area contributed by atoms with Gasteiger partial charge in [0.25, 0.3) is 0 Å². The first-order valence-corrected chi connectivity index (χ1v) is 7.13. The van der Waals surface area contributed by atoms with E-state index in [1.54, 1.807) is 19.1 Å². The predicted octanol–water partition coefficient (Wildman–Crippen LogP) is 2.73. The Kier molecular flexibility index (Phi) is 4.11. The van der Waals surface area contributed by atoms with Gasteiger partial charge < -0.3 is 5.32 Å². The Balaban J connectivity index is 1.84. The lowest BCUT2D eigenvalue weighted by molar-refractivity contribution is -0.119. The van der Waals surface area contributed by atoms with Crippen LogP contribution in [-0.2, 0) is 4.79 Å². The van der Waals surface area contributed by atoms with Crippen molar-refractivity contribution in [3.8, 4) is 6.07 Å². The molecule has 1 aromatic rings. The zero-order valence-corrected chi connectivity index (χ0v) is 11.5. The third-order valence-corrected chi connectivity index (χ3v) is 4.22. The molecule has 0 aliphatic heterocycles. The Morgan fingerprint density at radius 1 is 1.53 bits per heavy atom. The fourth-order valence-electron chi connectivity index (χ4n) is 1.89. The third-order valence-electron chi connectivity index (χ3n) is 3.21. The summed E-state index contributed by atoms with van der Waals surface area (Å²) in [6.07, 6.45) is 1.99. The molecule has 100 valence electrons. The Hall–Kier alpha value is -1.54. The van der Waals surface area contributed by atoms with Gasteiger partial charge in [-0.25, -0.2) is 4.39 Å². The van der Waals surface area contributed by atoms with E-state index >= 15 is 0 Å². The molecule has 3 nitrogen and oxygen atoms in total. The molecule has 5 heteroatoms. The van der Waals surface area contributed by atoms with Crippen LogP contribution in [0.15, 0.2) is 29.2 Å². The zero-order chi connectivity index (χ0) is 13.9. The molecule has 1 fully saturated rings. The number of nitriles is 1. The van der Waals surface area contributed by atoms with Crippen molar-refractivity contribution in [2.75, 3.05) is 5.75 Å². The molecular formula is C14H15FN2OS. The highest BCUT2D eigenvalue weighted by Crippen LogP contribution is 2.39. The average molecular weight is 278 g/mol. The quantitative estimate of drug-likeness (QED) is 0.843. The first-order chi connectivity index (χ1) is 9.03. The van der Waals surface area contributed by atoms with E-state index in [0.29, 0.717) is 0 Å². The molecule has 1 aromatic carbocycles. The number of amides is 1. The van der Waals surface area contributed by atoms with Crippen LogP contribution in [0.3, 0.4) is 0 Å². The van der Waals surface area contributed by atoms with Gasteiger partial charge in [-0.3, -0.25) is 4.79 Å². The normalized spacial score (nSPS) is 17.3. The van der Waals surface area contributed by atoms with Crippen molar-refractivity contribution in [2.24, 2.45) is 5.92 Å². The van der Waals surface area contributed by atoms with E-state index in [9.17, 15) is 9.18 Å². The molecule has 1 atom stereocenters. The number of hydrogen-bond donors (Lipinski definition) is 1. The highest BCUT2D eigenvalue weighted by atomic mass is 32.2. The summed E-state index contributed by atoms with van der Waals surface area (Å²) >= 11 is 1.33. The molecular weight excluding hydrogens is 263 g/mol.